The summed E-state index contributed by atoms with van der Waals surface area (Å²) in [6.45, 7) is 0.588. The summed E-state index contributed by atoms with van der Waals surface area (Å²) in [5.41, 5.74) is 1.07. The normalized spacial score (nSPS) is 17.5. The van der Waals surface area contributed by atoms with Crippen LogP contribution in [0.1, 0.15) is 40.3 Å². The summed E-state index contributed by atoms with van der Waals surface area (Å²) in [6.07, 6.45) is 1.90. The Morgan fingerprint density at radius 2 is 2.33 bits per heavy atom. The van der Waals surface area contributed by atoms with Gasteiger partial charge in [0.05, 0.1) is 0 Å². The van der Waals surface area contributed by atoms with Crippen LogP contribution in [0, 0.1) is 5.82 Å². The molecule has 1 fully saturated rings. The van der Waals surface area contributed by atoms with E-state index in [0.29, 0.717) is 11.1 Å². The second-order valence-electron chi connectivity index (χ2n) is 5.37. The van der Waals surface area contributed by atoms with Crippen LogP contribution in [0.5, 0.6) is 0 Å². The zero-order valence-electron chi connectivity index (χ0n) is 12.5. The summed E-state index contributed by atoms with van der Waals surface area (Å²) in [7, 11) is 0. The highest BCUT2D eigenvalue weighted by Crippen LogP contribution is 2.30. The molecular weight excluding hydrogens is 335 g/mol. The summed E-state index contributed by atoms with van der Waals surface area (Å²) in [5.74, 6) is -0.756. The fraction of sp³-hybridized carbons (Fsp3) is 0.312. The number of hydrogen-bond acceptors (Lipinski definition) is 7. The zero-order valence-corrected chi connectivity index (χ0v) is 13.3. The van der Waals surface area contributed by atoms with Crippen LogP contribution in [0.15, 0.2) is 28.0 Å². The Morgan fingerprint density at radius 1 is 1.42 bits per heavy atom. The van der Waals surface area contributed by atoms with E-state index in [2.05, 4.69) is 9.97 Å². The van der Waals surface area contributed by atoms with Crippen molar-refractivity contribution in [3.05, 3.63) is 46.0 Å². The molecule has 0 amide bonds. The van der Waals surface area contributed by atoms with Crippen LogP contribution in [-0.4, -0.2) is 22.5 Å². The standard InChI is InChI=1S/C16H13FN2O4S/c17-9-3-4-10-13(6-9)23-14(18-10)7-22-16(20)11-8-24-15(19-11)12-2-1-5-21-12/h3-4,6,8,12H,1-2,5,7H2/t12-/m1/s1. The van der Waals surface area contributed by atoms with Crippen LogP contribution in [0.25, 0.3) is 11.1 Å². The number of rotatable bonds is 4. The van der Waals surface area contributed by atoms with Gasteiger partial charge in [0.1, 0.15) is 22.4 Å². The number of nitrogens with zero attached hydrogens (tertiary/aromatic N) is 2. The monoisotopic (exact) mass is 348 g/mol. The minimum absolute atomic E-state index is 0.0245. The Morgan fingerprint density at radius 3 is 3.17 bits per heavy atom. The molecule has 0 saturated carbocycles. The average molecular weight is 348 g/mol. The molecular formula is C16H13FN2O4S. The van der Waals surface area contributed by atoms with Gasteiger partial charge in [-0.3, -0.25) is 0 Å². The van der Waals surface area contributed by atoms with Gasteiger partial charge < -0.3 is 13.9 Å². The molecule has 1 aliphatic heterocycles. The van der Waals surface area contributed by atoms with Crippen LogP contribution in [-0.2, 0) is 16.1 Å². The van der Waals surface area contributed by atoms with Crippen LogP contribution >= 0.6 is 11.3 Å². The van der Waals surface area contributed by atoms with Gasteiger partial charge in [-0.2, -0.15) is 0 Å². The first-order valence-corrected chi connectivity index (χ1v) is 8.36. The highest BCUT2D eigenvalue weighted by Gasteiger charge is 2.23. The molecule has 1 aliphatic rings. The molecule has 0 bridgehead atoms. The number of benzene rings is 1. The Balaban J connectivity index is 1.42. The van der Waals surface area contributed by atoms with Crippen molar-refractivity contribution in [1.29, 1.82) is 0 Å². The van der Waals surface area contributed by atoms with Crippen molar-refractivity contribution >= 4 is 28.4 Å². The SMILES string of the molecule is O=C(OCc1nc2ccc(F)cc2o1)c1csc([C@H]2CCCO2)n1. The zero-order chi connectivity index (χ0) is 16.5. The number of carbonyl (C=O) groups excluding carboxylic acids is 1. The summed E-state index contributed by atoms with van der Waals surface area (Å²) in [6, 6.07) is 4.04. The first-order chi connectivity index (χ1) is 11.7. The number of ether oxygens (including phenoxy) is 2. The lowest BCUT2D eigenvalue weighted by atomic mass is 10.2. The van der Waals surface area contributed by atoms with E-state index in [0.717, 1.165) is 24.5 Å². The molecule has 1 atom stereocenters. The van der Waals surface area contributed by atoms with Crippen LogP contribution < -0.4 is 0 Å². The predicted octanol–water partition coefficient (Wildman–Crippen LogP) is 3.63. The van der Waals surface area contributed by atoms with Gasteiger partial charge in [-0.15, -0.1) is 11.3 Å². The van der Waals surface area contributed by atoms with Crippen molar-refractivity contribution in [2.45, 2.75) is 25.6 Å². The molecule has 24 heavy (non-hydrogen) atoms. The lowest BCUT2D eigenvalue weighted by molar-refractivity contribution is 0.0433. The molecule has 1 aromatic carbocycles. The third-order valence-corrected chi connectivity index (χ3v) is 4.59. The summed E-state index contributed by atoms with van der Waals surface area (Å²) in [4.78, 5) is 20.5. The van der Waals surface area contributed by atoms with Crippen molar-refractivity contribution in [2.75, 3.05) is 6.61 Å². The maximum atomic E-state index is 13.1. The van der Waals surface area contributed by atoms with Crippen LogP contribution in [0.4, 0.5) is 4.39 Å². The first kappa shape index (κ1) is 15.2. The Hall–Kier alpha value is -2.32. The number of esters is 1. The molecule has 3 heterocycles. The smallest absolute Gasteiger partial charge is 0.358 e. The fourth-order valence-electron chi connectivity index (χ4n) is 2.51. The number of halogens is 1. The van der Waals surface area contributed by atoms with E-state index in [1.807, 2.05) is 0 Å². The van der Waals surface area contributed by atoms with E-state index in [9.17, 15) is 9.18 Å². The highest BCUT2D eigenvalue weighted by atomic mass is 32.1. The van der Waals surface area contributed by atoms with E-state index in [1.165, 1.54) is 29.5 Å². The number of hydrogen-bond donors (Lipinski definition) is 0. The second kappa shape index (κ2) is 6.29. The molecule has 0 N–H and O–H groups in total. The van der Waals surface area contributed by atoms with Gasteiger partial charge in [-0.25, -0.2) is 19.2 Å². The number of aromatic nitrogens is 2. The van der Waals surface area contributed by atoms with Gasteiger partial charge in [-0.05, 0) is 25.0 Å². The van der Waals surface area contributed by atoms with Crippen molar-refractivity contribution < 1.29 is 23.1 Å². The van der Waals surface area contributed by atoms with Gasteiger partial charge >= 0.3 is 5.97 Å². The lowest BCUT2D eigenvalue weighted by Crippen LogP contribution is -2.06. The third kappa shape index (κ3) is 3.02. The van der Waals surface area contributed by atoms with Crippen molar-refractivity contribution in [1.82, 2.24) is 9.97 Å². The van der Waals surface area contributed by atoms with Crippen molar-refractivity contribution in [3.63, 3.8) is 0 Å². The number of thiazole rings is 1. The topological polar surface area (TPSA) is 74.5 Å². The third-order valence-electron chi connectivity index (χ3n) is 3.66. The highest BCUT2D eigenvalue weighted by molar-refractivity contribution is 7.09. The molecule has 8 heteroatoms. The van der Waals surface area contributed by atoms with E-state index in [-0.39, 0.29) is 24.3 Å². The minimum atomic E-state index is -0.552. The van der Waals surface area contributed by atoms with Crippen LogP contribution in [0.3, 0.4) is 0 Å². The molecule has 4 rings (SSSR count). The summed E-state index contributed by atoms with van der Waals surface area (Å²) >= 11 is 1.38. The molecule has 0 radical (unpaired) electrons. The molecule has 2 aromatic heterocycles. The van der Waals surface area contributed by atoms with Gasteiger partial charge in [-0.1, -0.05) is 0 Å². The fourth-order valence-corrected chi connectivity index (χ4v) is 3.38. The second-order valence-corrected chi connectivity index (χ2v) is 6.26. The van der Waals surface area contributed by atoms with E-state index < -0.39 is 11.8 Å². The van der Waals surface area contributed by atoms with E-state index in [1.54, 1.807) is 5.38 Å². The quantitative estimate of drug-likeness (QED) is 0.670. The Labute approximate surface area is 140 Å². The van der Waals surface area contributed by atoms with E-state index >= 15 is 0 Å². The largest absolute Gasteiger partial charge is 0.451 e. The summed E-state index contributed by atoms with van der Waals surface area (Å²) in [5, 5.41) is 2.44. The van der Waals surface area contributed by atoms with Gasteiger partial charge in [0.15, 0.2) is 17.9 Å². The molecule has 124 valence electrons. The molecule has 1 saturated heterocycles. The molecule has 3 aromatic rings. The molecule has 0 unspecified atom stereocenters. The van der Waals surface area contributed by atoms with Gasteiger partial charge in [0.25, 0.3) is 0 Å². The van der Waals surface area contributed by atoms with Crippen molar-refractivity contribution in [2.24, 2.45) is 0 Å². The Bertz CT molecular complexity index is 885. The lowest BCUT2D eigenvalue weighted by Gasteiger charge is -2.03. The Kier molecular flexibility index (Phi) is 3.99. The maximum Gasteiger partial charge on any atom is 0.358 e. The number of oxazole rings is 1. The minimum Gasteiger partial charge on any atom is -0.451 e. The van der Waals surface area contributed by atoms with Gasteiger partial charge in [0.2, 0.25) is 5.89 Å². The predicted molar refractivity (Wildman–Crippen MR) is 83.1 cm³/mol. The molecule has 0 spiro atoms. The van der Waals surface area contributed by atoms with Crippen molar-refractivity contribution in [3.8, 4) is 0 Å². The number of fused-ring (bicyclic) bond motifs is 1. The van der Waals surface area contributed by atoms with E-state index in [4.69, 9.17) is 13.9 Å². The van der Waals surface area contributed by atoms with Crippen LogP contribution in [0.2, 0.25) is 0 Å². The first-order valence-electron chi connectivity index (χ1n) is 7.48. The van der Waals surface area contributed by atoms with Gasteiger partial charge in [0, 0.05) is 18.1 Å². The molecule has 0 aliphatic carbocycles. The average Bonchev–Trinajstić information content (AvgIpc) is 3.30. The molecule has 6 nitrogen and oxygen atoms in total. The number of carbonyl (C=O) groups is 1. The summed E-state index contributed by atoms with van der Waals surface area (Å²) < 4.78 is 29.2. The maximum absolute atomic E-state index is 13.1.